The second kappa shape index (κ2) is 8.37. The summed E-state index contributed by atoms with van der Waals surface area (Å²) in [7, 11) is 0. The molecular formula is C16H29F2NO2S. The van der Waals surface area contributed by atoms with E-state index in [1.54, 1.807) is 11.8 Å². The number of amides is 1. The Labute approximate surface area is 136 Å². The number of rotatable bonds is 7. The number of carboxylic acid groups (broad SMARTS) is 1. The maximum Gasteiger partial charge on any atom is 0.407 e. The van der Waals surface area contributed by atoms with Crippen molar-refractivity contribution in [3.63, 3.8) is 0 Å². The van der Waals surface area contributed by atoms with Gasteiger partial charge in [-0.3, -0.25) is 0 Å². The Morgan fingerprint density at radius 2 is 1.91 bits per heavy atom. The lowest BCUT2D eigenvalue weighted by Crippen LogP contribution is -2.37. The zero-order chi connectivity index (χ0) is 16.8. The number of halogens is 2. The highest BCUT2D eigenvalue weighted by atomic mass is 32.2. The average molecular weight is 337 g/mol. The normalized spacial score (nSPS) is 19.1. The molecule has 0 saturated heterocycles. The van der Waals surface area contributed by atoms with E-state index in [-0.39, 0.29) is 18.3 Å². The topological polar surface area (TPSA) is 40.5 Å². The molecule has 1 aliphatic carbocycles. The molecule has 1 aliphatic rings. The van der Waals surface area contributed by atoms with E-state index in [0.717, 1.165) is 17.9 Å². The third-order valence-corrected chi connectivity index (χ3v) is 5.13. The van der Waals surface area contributed by atoms with Crippen molar-refractivity contribution >= 4 is 17.9 Å². The third-order valence-electron chi connectivity index (χ3n) is 3.84. The highest BCUT2D eigenvalue weighted by Crippen LogP contribution is 2.37. The highest BCUT2D eigenvalue weighted by molar-refractivity contribution is 7.99. The van der Waals surface area contributed by atoms with Crippen LogP contribution in [0.15, 0.2) is 0 Å². The van der Waals surface area contributed by atoms with Crippen molar-refractivity contribution in [3.05, 3.63) is 0 Å². The van der Waals surface area contributed by atoms with Gasteiger partial charge in [0.25, 0.3) is 0 Å². The Morgan fingerprint density at radius 1 is 1.32 bits per heavy atom. The van der Waals surface area contributed by atoms with Gasteiger partial charge in [-0.15, -0.1) is 0 Å². The van der Waals surface area contributed by atoms with Gasteiger partial charge in [0.15, 0.2) is 0 Å². The summed E-state index contributed by atoms with van der Waals surface area (Å²) >= 11 is 1.77. The fraction of sp³-hybridized carbons (Fsp3) is 0.938. The second-order valence-electron chi connectivity index (χ2n) is 7.49. The Kier molecular flexibility index (Phi) is 7.42. The van der Waals surface area contributed by atoms with E-state index in [1.807, 2.05) is 20.8 Å². The quantitative estimate of drug-likeness (QED) is 0.667. The van der Waals surface area contributed by atoms with E-state index in [2.05, 4.69) is 0 Å². The molecule has 1 amide bonds. The summed E-state index contributed by atoms with van der Waals surface area (Å²) < 4.78 is 26.1. The molecule has 22 heavy (non-hydrogen) atoms. The summed E-state index contributed by atoms with van der Waals surface area (Å²) in [6.45, 7) is 7.15. The Hall–Kier alpha value is -0.520. The second-order valence-corrected chi connectivity index (χ2v) is 8.64. The molecule has 0 bridgehead atoms. The van der Waals surface area contributed by atoms with Crippen molar-refractivity contribution in [3.8, 4) is 0 Å². The van der Waals surface area contributed by atoms with Gasteiger partial charge in [0.2, 0.25) is 5.92 Å². The van der Waals surface area contributed by atoms with E-state index in [1.165, 1.54) is 4.90 Å². The predicted octanol–water partition coefficient (Wildman–Crippen LogP) is 4.96. The zero-order valence-corrected chi connectivity index (χ0v) is 14.7. The van der Waals surface area contributed by atoms with Gasteiger partial charge in [0.05, 0.1) is 0 Å². The first-order valence-electron chi connectivity index (χ1n) is 8.02. The van der Waals surface area contributed by atoms with Crippen molar-refractivity contribution in [1.29, 1.82) is 0 Å². The molecule has 0 aromatic carbocycles. The minimum atomic E-state index is -2.45. The van der Waals surface area contributed by atoms with Gasteiger partial charge < -0.3 is 10.0 Å². The minimum absolute atomic E-state index is 0.0244. The van der Waals surface area contributed by atoms with Crippen LogP contribution in [0.25, 0.3) is 0 Å². The van der Waals surface area contributed by atoms with Gasteiger partial charge >= 0.3 is 6.09 Å². The van der Waals surface area contributed by atoms with Gasteiger partial charge in [0, 0.05) is 25.9 Å². The SMILES string of the molecule is CC(C)(C)CN(CCCSCC1CCC(F)(F)CC1)C(=O)O. The summed E-state index contributed by atoms with van der Waals surface area (Å²) in [5, 5.41) is 9.19. The smallest absolute Gasteiger partial charge is 0.407 e. The van der Waals surface area contributed by atoms with Crippen LogP contribution >= 0.6 is 11.8 Å². The Balaban J connectivity index is 2.15. The Bertz CT molecular complexity index is 349. The van der Waals surface area contributed by atoms with E-state index in [4.69, 9.17) is 0 Å². The van der Waals surface area contributed by atoms with Crippen LogP contribution in [0.3, 0.4) is 0 Å². The van der Waals surface area contributed by atoms with Crippen LogP contribution in [-0.4, -0.2) is 46.6 Å². The van der Waals surface area contributed by atoms with Gasteiger partial charge in [-0.25, -0.2) is 13.6 Å². The van der Waals surface area contributed by atoms with Gasteiger partial charge in [-0.2, -0.15) is 11.8 Å². The molecule has 0 unspecified atom stereocenters. The fourth-order valence-corrected chi connectivity index (χ4v) is 3.86. The van der Waals surface area contributed by atoms with E-state index in [0.29, 0.717) is 31.8 Å². The summed E-state index contributed by atoms with van der Waals surface area (Å²) in [5.41, 5.74) is -0.0428. The lowest BCUT2D eigenvalue weighted by atomic mass is 9.88. The largest absolute Gasteiger partial charge is 0.465 e. The van der Waals surface area contributed by atoms with Crippen LogP contribution in [0.1, 0.15) is 52.9 Å². The highest BCUT2D eigenvalue weighted by Gasteiger charge is 2.34. The number of hydrogen-bond acceptors (Lipinski definition) is 2. The number of nitrogens with zero attached hydrogens (tertiary/aromatic N) is 1. The van der Waals surface area contributed by atoms with Crippen LogP contribution in [-0.2, 0) is 0 Å². The standard InChI is InChI=1S/C16H29F2NO2S/c1-15(2,3)12-19(14(20)21)9-4-10-22-11-13-5-7-16(17,18)8-6-13/h13H,4-12H2,1-3H3,(H,20,21). The van der Waals surface area contributed by atoms with Crippen molar-refractivity contribution in [1.82, 2.24) is 4.90 Å². The Morgan fingerprint density at radius 3 is 2.41 bits per heavy atom. The van der Waals surface area contributed by atoms with Crippen LogP contribution < -0.4 is 0 Å². The van der Waals surface area contributed by atoms with Crippen molar-refractivity contribution in [2.75, 3.05) is 24.6 Å². The molecule has 0 spiro atoms. The number of hydrogen-bond donors (Lipinski definition) is 1. The first-order valence-corrected chi connectivity index (χ1v) is 9.18. The summed E-state index contributed by atoms with van der Waals surface area (Å²) in [6.07, 6.45) is 1.23. The maximum absolute atomic E-state index is 13.1. The van der Waals surface area contributed by atoms with Crippen molar-refractivity contribution in [2.45, 2.75) is 58.8 Å². The van der Waals surface area contributed by atoms with Gasteiger partial charge in [-0.1, -0.05) is 20.8 Å². The summed E-state index contributed by atoms with van der Waals surface area (Å²) in [5.74, 6) is -0.242. The number of carbonyl (C=O) groups is 1. The van der Waals surface area contributed by atoms with Crippen LogP contribution in [0.2, 0.25) is 0 Å². The third kappa shape index (κ3) is 8.20. The van der Waals surface area contributed by atoms with Gasteiger partial charge in [-0.05, 0) is 42.1 Å². The first kappa shape index (κ1) is 19.5. The molecule has 0 radical (unpaired) electrons. The molecule has 0 aromatic heterocycles. The molecule has 1 saturated carbocycles. The molecule has 0 aromatic rings. The van der Waals surface area contributed by atoms with Gasteiger partial charge in [0.1, 0.15) is 0 Å². The molecule has 0 heterocycles. The van der Waals surface area contributed by atoms with E-state index >= 15 is 0 Å². The van der Waals surface area contributed by atoms with Crippen LogP contribution in [0.5, 0.6) is 0 Å². The minimum Gasteiger partial charge on any atom is -0.465 e. The molecule has 6 heteroatoms. The number of alkyl halides is 2. The summed E-state index contributed by atoms with van der Waals surface area (Å²) in [6, 6.07) is 0. The molecule has 1 fully saturated rings. The molecule has 3 nitrogen and oxygen atoms in total. The predicted molar refractivity (Wildman–Crippen MR) is 87.9 cm³/mol. The summed E-state index contributed by atoms with van der Waals surface area (Å²) in [4.78, 5) is 12.7. The maximum atomic E-state index is 13.1. The van der Waals surface area contributed by atoms with Crippen molar-refractivity contribution in [2.24, 2.45) is 11.3 Å². The van der Waals surface area contributed by atoms with Crippen LogP contribution in [0, 0.1) is 11.3 Å². The molecular weight excluding hydrogens is 308 g/mol. The molecule has 0 atom stereocenters. The average Bonchev–Trinajstić information content (AvgIpc) is 2.37. The lowest BCUT2D eigenvalue weighted by Gasteiger charge is -2.28. The monoisotopic (exact) mass is 337 g/mol. The van der Waals surface area contributed by atoms with E-state index < -0.39 is 12.0 Å². The lowest BCUT2D eigenvalue weighted by molar-refractivity contribution is -0.0433. The van der Waals surface area contributed by atoms with E-state index in [9.17, 15) is 18.7 Å². The molecule has 0 aliphatic heterocycles. The number of thioether (sulfide) groups is 1. The molecule has 130 valence electrons. The van der Waals surface area contributed by atoms with Crippen molar-refractivity contribution < 1.29 is 18.7 Å². The molecule has 1 rings (SSSR count). The van der Waals surface area contributed by atoms with Crippen LogP contribution in [0.4, 0.5) is 13.6 Å². The zero-order valence-electron chi connectivity index (χ0n) is 13.9. The molecule has 1 N–H and O–H groups in total. The first-order chi connectivity index (χ1) is 10.1. The fourth-order valence-electron chi connectivity index (χ4n) is 2.69.